The number of nitrogens with zero attached hydrogens (tertiary/aromatic N) is 1. The van der Waals surface area contributed by atoms with Crippen molar-refractivity contribution < 1.29 is 19.4 Å². The molecular weight excluding hydrogens is 292 g/mol. The third-order valence-corrected chi connectivity index (χ3v) is 4.38. The number of H-pyrrole nitrogens is 1. The fourth-order valence-corrected chi connectivity index (χ4v) is 2.53. The van der Waals surface area contributed by atoms with E-state index < -0.39 is 5.97 Å². The van der Waals surface area contributed by atoms with Gasteiger partial charge in [0.15, 0.2) is 11.5 Å². The van der Waals surface area contributed by atoms with Gasteiger partial charge in [0, 0.05) is 17.1 Å². The summed E-state index contributed by atoms with van der Waals surface area (Å²) in [6.45, 7) is 0. The molecule has 1 saturated heterocycles. The molecule has 3 rings (SSSR count). The van der Waals surface area contributed by atoms with Crippen LogP contribution in [0, 0.1) is 0 Å². The van der Waals surface area contributed by atoms with Crippen LogP contribution < -0.4 is 9.47 Å². The van der Waals surface area contributed by atoms with Gasteiger partial charge in [-0.15, -0.1) is 0 Å². The molecule has 6 nitrogen and oxygen atoms in total. The van der Waals surface area contributed by atoms with Crippen LogP contribution in [0.1, 0.15) is 10.5 Å². The Morgan fingerprint density at radius 2 is 2.19 bits per heavy atom. The topological polar surface area (TPSA) is 84.4 Å². The number of methoxy groups -OCH3 is 1. The van der Waals surface area contributed by atoms with Gasteiger partial charge >= 0.3 is 5.97 Å². The van der Waals surface area contributed by atoms with Crippen LogP contribution >= 0.6 is 11.8 Å². The SMILES string of the molecule is COc1ccc(-c2cc(C(=O)O)[nH]n2)cc1OC1CSC1. The van der Waals surface area contributed by atoms with E-state index >= 15 is 0 Å². The lowest BCUT2D eigenvalue weighted by molar-refractivity contribution is 0.0690. The van der Waals surface area contributed by atoms with E-state index in [2.05, 4.69) is 10.2 Å². The number of thioether (sulfide) groups is 1. The fraction of sp³-hybridized carbons (Fsp3) is 0.286. The Bertz CT molecular complexity index is 667. The first-order valence-electron chi connectivity index (χ1n) is 6.39. The minimum absolute atomic E-state index is 0.0543. The smallest absolute Gasteiger partial charge is 0.353 e. The molecule has 0 saturated carbocycles. The molecule has 0 spiro atoms. The zero-order chi connectivity index (χ0) is 14.8. The van der Waals surface area contributed by atoms with Crippen LogP contribution in [0.3, 0.4) is 0 Å². The molecule has 2 aromatic rings. The average Bonchev–Trinajstić information content (AvgIpc) is 2.92. The van der Waals surface area contributed by atoms with E-state index in [0.717, 1.165) is 17.1 Å². The average molecular weight is 306 g/mol. The normalized spacial score (nSPS) is 14.5. The van der Waals surface area contributed by atoms with Crippen molar-refractivity contribution in [1.29, 1.82) is 0 Å². The third kappa shape index (κ3) is 2.82. The van der Waals surface area contributed by atoms with Crippen LogP contribution in [0.15, 0.2) is 24.3 Å². The number of hydrogen-bond donors (Lipinski definition) is 2. The number of ether oxygens (including phenoxy) is 2. The lowest BCUT2D eigenvalue weighted by Crippen LogP contribution is -2.31. The lowest BCUT2D eigenvalue weighted by atomic mass is 10.1. The Kier molecular flexibility index (Phi) is 3.74. The number of benzene rings is 1. The van der Waals surface area contributed by atoms with Crippen molar-refractivity contribution in [1.82, 2.24) is 10.2 Å². The Balaban J connectivity index is 1.90. The number of carbonyl (C=O) groups is 1. The van der Waals surface area contributed by atoms with Gasteiger partial charge in [-0.2, -0.15) is 16.9 Å². The Hall–Kier alpha value is -2.15. The summed E-state index contributed by atoms with van der Waals surface area (Å²) < 4.78 is 11.2. The van der Waals surface area contributed by atoms with Crippen molar-refractivity contribution >= 4 is 17.7 Å². The number of hydrogen-bond acceptors (Lipinski definition) is 5. The number of aromatic amines is 1. The third-order valence-electron chi connectivity index (χ3n) is 3.17. The van der Waals surface area contributed by atoms with E-state index in [1.807, 2.05) is 23.9 Å². The molecular formula is C14H14N2O4S. The summed E-state index contributed by atoms with van der Waals surface area (Å²) in [6.07, 6.45) is 0.202. The second-order valence-corrected chi connectivity index (χ2v) is 5.69. The molecule has 1 aromatic carbocycles. The van der Waals surface area contributed by atoms with E-state index in [1.165, 1.54) is 6.07 Å². The van der Waals surface area contributed by atoms with E-state index in [-0.39, 0.29) is 11.8 Å². The predicted molar refractivity (Wildman–Crippen MR) is 79.3 cm³/mol. The van der Waals surface area contributed by atoms with Crippen LogP contribution in [0.25, 0.3) is 11.3 Å². The number of carboxylic acid groups (broad SMARTS) is 1. The summed E-state index contributed by atoms with van der Waals surface area (Å²) in [5, 5.41) is 15.4. The molecule has 0 aliphatic carbocycles. The standard InChI is InChI=1S/C14H14N2O4S/c1-19-12-3-2-8(4-13(12)20-9-6-21-7-9)10-5-11(14(17)18)16-15-10/h2-5,9H,6-7H2,1H3,(H,15,16)(H,17,18). The maximum atomic E-state index is 10.9. The molecule has 21 heavy (non-hydrogen) atoms. The number of aromatic carboxylic acids is 1. The zero-order valence-electron chi connectivity index (χ0n) is 11.3. The van der Waals surface area contributed by atoms with Crippen molar-refractivity contribution in [2.24, 2.45) is 0 Å². The highest BCUT2D eigenvalue weighted by atomic mass is 32.2. The molecule has 0 atom stereocenters. The van der Waals surface area contributed by atoms with E-state index in [9.17, 15) is 4.79 Å². The molecule has 1 aromatic heterocycles. The molecule has 110 valence electrons. The monoisotopic (exact) mass is 306 g/mol. The van der Waals surface area contributed by atoms with Crippen molar-refractivity contribution in [3.8, 4) is 22.8 Å². The highest BCUT2D eigenvalue weighted by molar-refractivity contribution is 8.00. The molecule has 2 N–H and O–H groups in total. The largest absolute Gasteiger partial charge is 0.493 e. The highest BCUT2D eigenvalue weighted by Gasteiger charge is 2.22. The van der Waals surface area contributed by atoms with Crippen LogP contribution in [-0.2, 0) is 0 Å². The van der Waals surface area contributed by atoms with Gasteiger partial charge < -0.3 is 14.6 Å². The molecule has 2 heterocycles. The second-order valence-electron chi connectivity index (χ2n) is 4.61. The van der Waals surface area contributed by atoms with Gasteiger partial charge in [-0.25, -0.2) is 4.79 Å². The Morgan fingerprint density at radius 1 is 1.38 bits per heavy atom. The van der Waals surface area contributed by atoms with Crippen molar-refractivity contribution in [2.45, 2.75) is 6.10 Å². The lowest BCUT2D eigenvalue weighted by Gasteiger charge is -2.26. The van der Waals surface area contributed by atoms with Crippen LogP contribution in [-0.4, -0.2) is 46.0 Å². The Morgan fingerprint density at radius 3 is 2.76 bits per heavy atom. The summed E-state index contributed by atoms with van der Waals surface area (Å²) in [6, 6.07) is 6.94. The second kappa shape index (κ2) is 5.69. The summed E-state index contributed by atoms with van der Waals surface area (Å²) in [7, 11) is 1.59. The first-order valence-corrected chi connectivity index (χ1v) is 7.54. The van der Waals surface area contributed by atoms with E-state index in [4.69, 9.17) is 14.6 Å². The van der Waals surface area contributed by atoms with Crippen molar-refractivity contribution in [3.05, 3.63) is 30.0 Å². The van der Waals surface area contributed by atoms with Gasteiger partial charge in [-0.3, -0.25) is 5.10 Å². The van der Waals surface area contributed by atoms with Gasteiger partial charge in [0.05, 0.1) is 12.8 Å². The van der Waals surface area contributed by atoms with Gasteiger partial charge in [-0.1, -0.05) is 0 Å². The maximum absolute atomic E-state index is 10.9. The van der Waals surface area contributed by atoms with Crippen molar-refractivity contribution in [2.75, 3.05) is 18.6 Å². The summed E-state index contributed by atoms with van der Waals surface area (Å²) >= 11 is 1.84. The van der Waals surface area contributed by atoms with Crippen LogP contribution in [0.4, 0.5) is 0 Å². The molecule has 0 radical (unpaired) electrons. The van der Waals surface area contributed by atoms with E-state index in [0.29, 0.717) is 17.2 Å². The zero-order valence-corrected chi connectivity index (χ0v) is 12.1. The minimum atomic E-state index is -1.04. The first kappa shape index (κ1) is 13.8. The van der Waals surface area contributed by atoms with Crippen LogP contribution in [0.5, 0.6) is 11.5 Å². The highest BCUT2D eigenvalue weighted by Crippen LogP contribution is 2.35. The molecule has 0 bridgehead atoms. The molecule has 0 amide bonds. The minimum Gasteiger partial charge on any atom is -0.493 e. The molecule has 1 fully saturated rings. The van der Waals surface area contributed by atoms with Gasteiger partial charge in [-0.05, 0) is 24.3 Å². The van der Waals surface area contributed by atoms with Crippen molar-refractivity contribution in [3.63, 3.8) is 0 Å². The number of nitrogens with one attached hydrogen (secondary N) is 1. The predicted octanol–water partition coefficient (Wildman–Crippen LogP) is 2.28. The Labute approximate surface area is 125 Å². The number of carboxylic acids is 1. The fourth-order valence-electron chi connectivity index (χ4n) is 1.97. The summed E-state index contributed by atoms with van der Waals surface area (Å²) in [4.78, 5) is 10.9. The van der Waals surface area contributed by atoms with Crippen LogP contribution in [0.2, 0.25) is 0 Å². The van der Waals surface area contributed by atoms with E-state index in [1.54, 1.807) is 13.2 Å². The molecule has 1 aliphatic rings. The molecule has 1 aliphatic heterocycles. The quantitative estimate of drug-likeness (QED) is 0.881. The summed E-state index contributed by atoms with van der Waals surface area (Å²) in [5.74, 6) is 2.22. The van der Waals surface area contributed by atoms with Gasteiger partial charge in [0.1, 0.15) is 11.8 Å². The number of rotatable bonds is 5. The maximum Gasteiger partial charge on any atom is 0.353 e. The number of aromatic nitrogens is 2. The molecule has 0 unspecified atom stereocenters. The summed E-state index contributed by atoms with van der Waals surface area (Å²) in [5.41, 5.74) is 1.39. The van der Waals surface area contributed by atoms with Gasteiger partial charge in [0.2, 0.25) is 0 Å². The van der Waals surface area contributed by atoms with Gasteiger partial charge in [0.25, 0.3) is 0 Å². The molecule has 7 heteroatoms. The first-order chi connectivity index (χ1) is 10.2.